The fourth-order valence-corrected chi connectivity index (χ4v) is 1.88. The summed E-state index contributed by atoms with van der Waals surface area (Å²) in [5.74, 6) is 0.563. The van der Waals surface area contributed by atoms with Crippen LogP contribution in [0.3, 0.4) is 0 Å². The van der Waals surface area contributed by atoms with Crippen molar-refractivity contribution >= 4 is 17.7 Å². The smallest absolute Gasteiger partial charge is 0.248 e. The normalized spacial score (nSPS) is 10.6. The number of benzene rings is 2. The lowest BCUT2D eigenvalue weighted by Crippen LogP contribution is -2.07. The average molecular weight is 297 g/mol. The van der Waals surface area contributed by atoms with E-state index in [4.69, 9.17) is 9.47 Å². The maximum atomic E-state index is 11.9. The topological polar surface area (TPSA) is 47.6 Å². The zero-order valence-corrected chi connectivity index (χ0v) is 12.7. The van der Waals surface area contributed by atoms with Crippen molar-refractivity contribution in [3.63, 3.8) is 0 Å². The summed E-state index contributed by atoms with van der Waals surface area (Å²) < 4.78 is 10.1. The van der Waals surface area contributed by atoms with Gasteiger partial charge in [0.05, 0.1) is 0 Å². The van der Waals surface area contributed by atoms with E-state index in [0.29, 0.717) is 0 Å². The van der Waals surface area contributed by atoms with E-state index >= 15 is 0 Å². The first kappa shape index (κ1) is 15.8. The number of ether oxygens (including phenoxy) is 2. The molecule has 0 heterocycles. The average Bonchev–Trinajstić information content (AvgIpc) is 2.52. The fourth-order valence-electron chi connectivity index (χ4n) is 1.88. The lowest BCUT2D eigenvalue weighted by molar-refractivity contribution is -0.111. The Morgan fingerprint density at radius 3 is 2.64 bits per heavy atom. The molecule has 0 fully saturated rings. The number of aryl methyl sites for hydroxylation is 1. The molecule has 4 heteroatoms. The molecule has 0 radical (unpaired) electrons. The molecule has 0 unspecified atom stereocenters. The minimum atomic E-state index is -0.162. The molecule has 0 saturated heterocycles. The first-order valence-corrected chi connectivity index (χ1v) is 6.95. The van der Waals surface area contributed by atoms with Crippen molar-refractivity contribution in [2.24, 2.45) is 0 Å². The lowest BCUT2D eigenvalue weighted by Gasteiger charge is -2.04. The molecule has 4 nitrogen and oxygen atoms in total. The van der Waals surface area contributed by atoms with Gasteiger partial charge in [0.25, 0.3) is 0 Å². The highest BCUT2D eigenvalue weighted by molar-refractivity contribution is 6.01. The Morgan fingerprint density at radius 2 is 1.95 bits per heavy atom. The van der Waals surface area contributed by atoms with E-state index in [1.54, 1.807) is 13.2 Å². The Bertz CT molecular complexity index is 648. The Balaban J connectivity index is 1.92. The van der Waals surface area contributed by atoms with E-state index in [1.165, 1.54) is 6.08 Å². The van der Waals surface area contributed by atoms with E-state index < -0.39 is 0 Å². The van der Waals surface area contributed by atoms with Crippen LogP contribution < -0.4 is 10.1 Å². The zero-order valence-electron chi connectivity index (χ0n) is 12.7. The van der Waals surface area contributed by atoms with E-state index in [-0.39, 0.29) is 12.7 Å². The van der Waals surface area contributed by atoms with Gasteiger partial charge in [0.1, 0.15) is 5.75 Å². The van der Waals surface area contributed by atoms with E-state index in [2.05, 4.69) is 5.32 Å². The molecular formula is C18H19NO3. The van der Waals surface area contributed by atoms with Crippen LogP contribution in [-0.4, -0.2) is 19.8 Å². The van der Waals surface area contributed by atoms with Crippen molar-refractivity contribution in [2.75, 3.05) is 19.2 Å². The van der Waals surface area contributed by atoms with E-state index in [9.17, 15) is 4.79 Å². The Kier molecular flexibility index (Phi) is 5.74. The third kappa shape index (κ3) is 5.07. The number of anilines is 1. The van der Waals surface area contributed by atoms with Gasteiger partial charge in [0, 0.05) is 18.9 Å². The molecule has 0 bridgehead atoms. The van der Waals surface area contributed by atoms with Gasteiger partial charge < -0.3 is 14.8 Å². The molecule has 0 aliphatic rings. The molecular weight excluding hydrogens is 278 g/mol. The second-order valence-corrected chi connectivity index (χ2v) is 4.81. The summed E-state index contributed by atoms with van der Waals surface area (Å²) >= 11 is 0. The van der Waals surface area contributed by atoms with Crippen LogP contribution in [0.1, 0.15) is 11.1 Å². The Morgan fingerprint density at radius 1 is 1.18 bits per heavy atom. The SMILES string of the molecule is COCOc1ccc(/C=C/C(=O)Nc2cccc(C)c2)cc1. The van der Waals surface area contributed by atoms with Gasteiger partial charge in [-0.05, 0) is 48.4 Å². The van der Waals surface area contributed by atoms with Gasteiger partial charge >= 0.3 is 0 Å². The quantitative estimate of drug-likeness (QED) is 0.654. The summed E-state index contributed by atoms with van der Waals surface area (Å²) in [7, 11) is 1.57. The van der Waals surface area contributed by atoms with Crippen LogP contribution in [0.2, 0.25) is 0 Å². The van der Waals surface area contributed by atoms with Crippen molar-refractivity contribution in [1.29, 1.82) is 0 Å². The van der Waals surface area contributed by atoms with Gasteiger partial charge in [-0.25, -0.2) is 0 Å². The number of carbonyl (C=O) groups excluding carboxylic acids is 1. The van der Waals surface area contributed by atoms with Crippen molar-refractivity contribution < 1.29 is 14.3 Å². The van der Waals surface area contributed by atoms with Crippen molar-refractivity contribution in [3.8, 4) is 5.75 Å². The van der Waals surface area contributed by atoms with Crippen LogP contribution in [0.5, 0.6) is 5.75 Å². The summed E-state index contributed by atoms with van der Waals surface area (Å²) in [6.45, 7) is 2.20. The Hall–Kier alpha value is -2.59. The second-order valence-electron chi connectivity index (χ2n) is 4.81. The van der Waals surface area contributed by atoms with Gasteiger partial charge in [-0.1, -0.05) is 24.3 Å². The van der Waals surface area contributed by atoms with E-state index in [1.807, 2.05) is 55.5 Å². The maximum Gasteiger partial charge on any atom is 0.248 e. The van der Waals surface area contributed by atoms with Gasteiger partial charge in [-0.15, -0.1) is 0 Å². The van der Waals surface area contributed by atoms with Crippen LogP contribution in [-0.2, 0) is 9.53 Å². The van der Waals surface area contributed by atoms with Crippen LogP contribution in [0, 0.1) is 6.92 Å². The molecule has 2 aromatic carbocycles. The molecule has 1 N–H and O–H groups in total. The van der Waals surface area contributed by atoms with Gasteiger partial charge in [-0.2, -0.15) is 0 Å². The van der Waals surface area contributed by atoms with Crippen LogP contribution >= 0.6 is 0 Å². The first-order chi connectivity index (χ1) is 10.7. The minimum absolute atomic E-state index is 0.162. The number of rotatable bonds is 6. The highest BCUT2D eigenvalue weighted by Gasteiger charge is 1.98. The number of hydrogen-bond acceptors (Lipinski definition) is 3. The number of carbonyl (C=O) groups is 1. The number of methoxy groups -OCH3 is 1. The summed E-state index contributed by atoms with van der Waals surface area (Å²) in [6, 6.07) is 15.1. The van der Waals surface area contributed by atoms with Crippen LogP contribution in [0.15, 0.2) is 54.6 Å². The predicted octanol–water partition coefficient (Wildman–Crippen LogP) is 3.63. The minimum Gasteiger partial charge on any atom is -0.468 e. The molecule has 0 spiro atoms. The highest BCUT2D eigenvalue weighted by atomic mass is 16.7. The number of nitrogens with one attached hydrogen (secondary N) is 1. The highest BCUT2D eigenvalue weighted by Crippen LogP contribution is 2.13. The third-order valence-electron chi connectivity index (χ3n) is 2.94. The van der Waals surface area contributed by atoms with Gasteiger partial charge in [0.15, 0.2) is 6.79 Å². The van der Waals surface area contributed by atoms with Crippen LogP contribution in [0.25, 0.3) is 6.08 Å². The molecule has 0 aliphatic carbocycles. The summed E-state index contributed by atoms with van der Waals surface area (Å²) in [4.78, 5) is 11.9. The molecule has 0 saturated carbocycles. The lowest BCUT2D eigenvalue weighted by atomic mass is 10.2. The monoisotopic (exact) mass is 297 g/mol. The zero-order chi connectivity index (χ0) is 15.8. The fraction of sp³-hybridized carbons (Fsp3) is 0.167. The molecule has 0 aromatic heterocycles. The number of amides is 1. The van der Waals surface area contributed by atoms with Crippen molar-refractivity contribution in [2.45, 2.75) is 6.92 Å². The van der Waals surface area contributed by atoms with E-state index in [0.717, 1.165) is 22.6 Å². The first-order valence-electron chi connectivity index (χ1n) is 6.95. The largest absolute Gasteiger partial charge is 0.468 e. The molecule has 1 amide bonds. The van der Waals surface area contributed by atoms with Crippen molar-refractivity contribution in [1.82, 2.24) is 0 Å². The molecule has 2 aromatic rings. The predicted molar refractivity (Wildman–Crippen MR) is 87.8 cm³/mol. The second kappa shape index (κ2) is 8.00. The molecule has 0 aliphatic heterocycles. The third-order valence-corrected chi connectivity index (χ3v) is 2.94. The van der Waals surface area contributed by atoms with Crippen LogP contribution in [0.4, 0.5) is 5.69 Å². The Labute approximate surface area is 130 Å². The number of hydrogen-bond donors (Lipinski definition) is 1. The molecule has 22 heavy (non-hydrogen) atoms. The molecule has 114 valence electrons. The maximum absolute atomic E-state index is 11.9. The van der Waals surface area contributed by atoms with Crippen molar-refractivity contribution in [3.05, 3.63) is 65.7 Å². The molecule has 2 rings (SSSR count). The van der Waals surface area contributed by atoms with Gasteiger partial charge in [-0.3, -0.25) is 4.79 Å². The van der Waals surface area contributed by atoms with Gasteiger partial charge in [0.2, 0.25) is 5.91 Å². The standard InChI is InChI=1S/C18H19NO3/c1-14-4-3-5-16(12-14)19-18(20)11-8-15-6-9-17(10-7-15)22-13-21-2/h3-12H,13H2,1-2H3,(H,19,20)/b11-8+. The summed E-state index contributed by atoms with van der Waals surface area (Å²) in [5.41, 5.74) is 2.82. The summed E-state index contributed by atoms with van der Waals surface area (Å²) in [5, 5.41) is 2.83. The molecule has 0 atom stereocenters. The summed E-state index contributed by atoms with van der Waals surface area (Å²) in [6.07, 6.45) is 3.26.